The standard InChI is InChI=1S/C51H97NO10/c1-7-11-15-19-23-27-33-58-46(59-34-28-24-20-16-12-8-2)39-44(48(53)54)37-43(41-62-50(57)51(5)31-32-52(6)42-51)38-45(49(55)56)40-47(60-35-29-25-21-17-13-9-3)61-36-30-26-22-18-14-10-4/h43-47H,7-42H2,1-6H3,(H,53,54)(H,55,56). The number of esters is 1. The molecule has 0 spiro atoms. The quantitative estimate of drug-likeness (QED) is 0.0343. The van der Waals surface area contributed by atoms with E-state index < -0.39 is 47.7 Å². The number of likely N-dealkylation sites (tertiary alicyclic amines) is 1. The van der Waals surface area contributed by atoms with E-state index in [0.717, 1.165) is 83.6 Å². The molecule has 3 atom stereocenters. The minimum Gasteiger partial charge on any atom is -0.481 e. The van der Waals surface area contributed by atoms with Gasteiger partial charge < -0.3 is 38.8 Å². The van der Waals surface area contributed by atoms with Gasteiger partial charge in [0.05, 0.1) is 23.9 Å². The molecule has 2 N–H and O–H groups in total. The largest absolute Gasteiger partial charge is 0.481 e. The predicted molar refractivity (Wildman–Crippen MR) is 250 cm³/mol. The van der Waals surface area contributed by atoms with Gasteiger partial charge in [-0.25, -0.2) is 0 Å². The summed E-state index contributed by atoms with van der Waals surface area (Å²) in [7, 11) is 1.98. The number of unbranched alkanes of at least 4 members (excludes halogenated alkanes) is 20. The molecule has 3 unspecified atom stereocenters. The van der Waals surface area contributed by atoms with Crippen LogP contribution in [0, 0.1) is 23.2 Å². The molecule has 11 nitrogen and oxygen atoms in total. The number of nitrogens with zero attached hydrogens (tertiary/aromatic N) is 1. The Bertz CT molecular complexity index is 995. The Morgan fingerprint density at radius 1 is 0.516 bits per heavy atom. The SMILES string of the molecule is CCCCCCCCOC(CC(CC(COC(=O)C1(C)CCN(C)C1)CC(CC(OCCCCCCCC)OCCCCCCCC)C(=O)O)C(=O)O)OCCCCCCCC. The van der Waals surface area contributed by atoms with Crippen LogP contribution >= 0.6 is 0 Å². The molecule has 0 amide bonds. The van der Waals surface area contributed by atoms with Crippen LogP contribution in [0.3, 0.4) is 0 Å². The molecule has 0 aliphatic carbocycles. The van der Waals surface area contributed by atoms with E-state index in [4.69, 9.17) is 23.7 Å². The van der Waals surface area contributed by atoms with Crippen molar-refractivity contribution in [2.24, 2.45) is 23.2 Å². The zero-order valence-corrected chi connectivity index (χ0v) is 41.0. The second-order valence-electron chi connectivity index (χ2n) is 18.9. The number of ether oxygens (including phenoxy) is 5. The second kappa shape index (κ2) is 38.5. The molecule has 1 fully saturated rings. The lowest BCUT2D eigenvalue weighted by Crippen LogP contribution is -2.35. The van der Waals surface area contributed by atoms with E-state index in [9.17, 15) is 24.6 Å². The summed E-state index contributed by atoms with van der Waals surface area (Å²) in [5.41, 5.74) is -0.669. The molecule has 0 saturated carbocycles. The molecule has 1 heterocycles. The van der Waals surface area contributed by atoms with Crippen molar-refractivity contribution < 1.29 is 48.3 Å². The summed E-state index contributed by atoms with van der Waals surface area (Å²) in [5.74, 6) is -4.60. The summed E-state index contributed by atoms with van der Waals surface area (Å²) in [6.07, 6.45) is 26.6. The normalized spacial score (nSPS) is 17.2. The lowest BCUT2D eigenvalue weighted by molar-refractivity contribution is -0.170. The first-order valence-corrected chi connectivity index (χ1v) is 25.8. The van der Waals surface area contributed by atoms with Crippen LogP contribution < -0.4 is 0 Å². The van der Waals surface area contributed by atoms with Gasteiger partial charge in [-0.2, -0.15) is 0 Å². The van der Waals surface area contributed by atoms with Gasteiger partial charge in [-0.3, -0.25) is 14.4 Å². The minimum atomic E-state index is -0.990. The Kier molecular flexibility index (Phi) is 36.1. The maximum Gasteiger partial charge on any atom is 0.313 e. The summed E-state index contributed by atoms with van der Waals surface area (Å²) in [4.78, 5) is 41.7. The zero-order valence-electron chi connectivity index (χ0n) is 41.0. The summed E-state index contributed by atoms with van der Waals surface area (Å²) in [6.45, 7) is 14.0. The smallest absolute Gasteiger partial charge is 0.313 e. The highest BCUT2D eigenvalue weighted by Gasteiger charge is 2.41. The Labute approximate surface area is 379 Å². The van der Waals surface area contributed by atoms with Crippen molar-refractivity contribution in [2.75, 3.05) is 53.2 Å². The van der Waals surface area contributed by atoms with Crippen LogP contribution in [0.25, 0.3) is 0 Å². The van der Waals surface area contributed by atoms with Gasteiger partial charge in [0.1, 0.15) is 0 Å². The Morgan fingerprint density at radius 3 is 1.13 bits per heavy atom. The van der Waals surface area contributed by atoms with Gasteiger partial charge >= 0.3 is 17.9 Å². The number of rotatable bonds is 45. The number of hydrogen-bond acceptors (Lipinski definition) is 9. The first kappa shape index (κ1) is 58.2. The van der Waals surface area contributed by atoms with Gasteiger partial charge in [0.25, 0.3) is 0 Å². The number of carbonyl (C=O) groups is 3. The maximum absolute atomic E-state index is 13.6. The highest BCUT2D eigenvalue weighted by atomic mass is 16.7. The monoisotopic (exact) mass is 884 g/mol. The lowest BCUT2D eigenvalue weighted by atomic mass is 9.84. The van der Waals surface area contributed by atoms with E-state index in [1.807, 2.05) is 14.0 Å². The van der Waals surface area contributed by atoms with Crippen LogP contribution in [-0.2, 0) is 38.1 Å². The number of hydrogen-bond donors (Lipinski definition) is 2. The Balaban J connectivity index is 3.22. The molecule has 1 saturated heterocycles. The molecule has 11 heteroatoms. The first-order valence-electron chi connectivity index (χ1n) is 25.8. The van der Waals surface area contributed by atoms with E-state index in [-0.39, 0.29) is 38.3 Å². The highest BCUT2D eigenvalue weighted by Crippen LogP contribution is 2.33. The average molecular weight is 884 g/mol. The van der Waals surface area contributed by atoms with E-state index in [1.165, 1.54) is 77.0 Å². The van der Waals surface area contributed by atoms with E-state index in [2.05, 4.69) is 32.6 Å². The fourth-order valence-electron chi connectivity index (χ4n) is 8.58. The van der Waals surface area contributed by atoms with Crippen molar-refractivity contribution >= 4 is 17.9 Å². The third kappa shape index (κ3) is 29.6. The third-order valence-corrected chi connectivity index (χ3v) is 12.7. The van der Waals surface area contributed by atoms with Crippen molar-refractivity contribution in [3.05, 3.63) is 0 Å². The molecule has 1 aliphatic rings. The molecule has 1 aliphatic heterocycles. The Morgan fingerprint density at radius 2 is 0.839 bits per heavy atom. The molecule has 0 aromatic carbocycles. The minimum absolute atomic E-state index is 0.0600. The molecular weight excluding hydrogens is 787 g/mol. The van der Waals surface area contributed by atoms with Crippen LogP contribution in [-0.4, -0.2) is 98.8 Å². The maximum atomic E-state index is 13.6. The molecule has 62 heavy (non-hydrogen) atoms. The topological polar surface area (TPSA) is 141 Å². The van der Waals surface area contributed by atoms with Gasteiger partial charge in [-0.05, 0) is 71.4 Å². The molecule has 366 valence electrons. The van der Waals surface area contributed by atoms with Crippen molar-refractivity contribution in [3.8, 4) is 0 Å². The van der Waals surface area contributed by atoms with Gasteiger partial charge in [-0.1, -0.05) is 156 Å². The molecule has 0 bridgehead atoms. The van der Waals surface area contributed by atoms with E-state index in [0.29, 0.717) is 39.4 Å². The van der Waals surface area contributed by atoms with Crippen molar-refractivity contribution in [1.29, 1.82) is 0 Å². The highest BCUT2D eigenvalue weighted by molar-refractivity contribution is 5.77. The summed E-state index contributed by atoms with van der Waals surface area (Å²) in [5, 5.41) is 21.3. The number of carboxylic acid groups (broad SMARTS) is 2. The molecular formula is C51H97NO10. The van der Waals surface area contributed by atoms with Gasteiger partial charge in [-0.15, -0.1) is 0 Å². The van der Waals surface area contributed by atoms with Crippen LogP contribution in [0.2, 0.25) is 0 Å². The number of carbonyl (C=O) groups excluding carboxylic acids is 1. The van der Waals surface area contributed by atoms with Crippen molar-refractivity contribution in [3.63, 3.8) is 0 Å². The summed E-state index contributed by atoms with van der Waals surface area (Å²) < 4.78 is 31.1. The van der Waals surface area contributed by atoms with Crippen LogP contribution in [0.15, 0.2) is 0 Å². The summed E-state index contributed by atoms with van der Waals surface area (Å²) >= 11 is 0. The van der Waals surface area contributed by atoms with Crippen LogP contribution in [0.5, 0.6) is 0 Å². The fourth-order valence-corrected chi connectivity index (χ4v) is 8.58. The fraction of sp³-hybridized carbons (Fsp3) is 0.941. The van der Waals surface area contributed by atoms with Gasteiger partial charge in [0.2, 0.25) is 0 Å². The second-order valence-corrected chi connectivity index (χ2v) is 18.9. The van der Waals surface area contributed by atoms with Crippen LogP contribution in [0.1, 0.15) is 221 Å². The van der Waals surface area contributed by atoms with Gasteiger partial charge in [0.15, 0.2) is 12.6 Å². The van der Waals surface area contributed by atoms with E-state index >= 15 is 0 Å². The summed E-state index contributed by atoms with van der Waals surface area (Å²) in [6, 6.07) is 0. The molecule has 0 aromatic heterocycles. The van der Waals surface area contributed by atoms with Crippen molar-refractivity contribution in [2.45, 2.75) is 233 Å². The molecule has 0 aromatic rings. The first-order chi connectivity index (χ1) is 30.0. The van der Waals surface area contributed by atoms with Crippen molar-refractivity contribution in [1.82, 2.24) is 4.90 Å². The van der Waals surface area contributed by atoms with Gasteiger partial charge in [0, 0.05) is 45.8 Å². The number of aliphatic carboxylic acids is 2. The average Bonchev–Trinajstić information content (AvgIpc) is 3.61. The Hall–Kier alpha value is -1.79. The third-order valence-electron chi connectivity index (χ3n) is 12.7. The zero-order chi connectivity index (χ0) is 45.7. The lowest BCUT2D eigenvalue weighted by Gasteiger charge is -2.29. The predicted octanol–water partition coefficient (Wildman–Crippen LogP) is 12.6. The number of carboxylic acids is 2. The van der Waals surface area contributed by atoms with E-state index in [1.54, 1.807) is 0 Å². The van der Waals surface area contributed by atoms with Crippen LogP contribution in [0.4, 0.5) is 0 Å². The molecule has 0 radical (unpaired) electrons. The molecule has 1 rings (SSSR count).